The summed E-state index contributed by atoms with van der Waals surface area (Å²) in [5.74, 6) is 0. The van der Waals surface area contributed by atoms with E-state index in [2.05, 4.69) is 17.9 Å². The van der Waals surface area contributed by atoms with Crippen molar-refractivity contribution in [1.82, 2.24) is 4.90 Å². The first-order valence-electron chi connectivity index (χ1n) is 10.4. The fourth-order valence-electron chi connectivity index (χ4n) is 5.12. The van der Waals surface area contributed by atoms with E-state index in [0.717, 1.165) is 74.7 Å². The Morgan fingerprint density at radius 1 is 1.14 bits per heavy atom. The predicted octanol–water partition coefficient (Wildman–Crippen LogP) is 3.09. The Labute approximate surface area is 202 Å². The number of benzene rings is 1. The minimum atomic E-state index is -3.84. The van der Waals surface area contributed by atoms with E-state index >= 15 is 0 Å². The maximum absolute atomic E-state index is 13.4. The van der Waals surface area contributed by atoms with Crippen molar-refractivity contribution in [2.75, 3.05) is 17.9 Å². The summed E-state index contributed by atoms with van der Waals surface area (Å²) < 4.78 is 27.8. The van der Waals surface area contributed by atoms with Gasteiger partial charge in [0.05, 0.1) is 0 Å². The van der Waals surface area contributed by atoms with Gasteiger partial charge in [-0.25, -0.2) is 0 Å². The Bertz CT molecular complexity index is 925. The minimum absolute atomic E-state index is 0.239. The van der Waals surface area contributed by atoms with E-state index in [9.17, 15) is 13.2 Å². The number of hydrogen-bond acceptors (Lipinski definition) is 4. The van der Waals surface area contributed by atoms with Crippen molar-refractivity contribution in [3.63, 3.8) is 0 Å². The van der Waals surface area contributed by atoms with Gasteiger partial charge in [-0.2, -0.15) is 0 Å². The molecule has 0 N–H and O–H groups in total. The van der Waals surface area contributed by atoms with Gasteiger partial charge in [0.15, 0.2) is 0 Å². The molecule has 4 rings (SSSR count). The van der Waals surface area contributed by atoms with Gasteiger partial charge in [-0.15, -0.1) is 0 Å². The van der Waals surface area contributed by atoms with E-state index in [0.29, 0.717) is 0 Å². The first-order chi connectivity index (χ1) is 13.2. The maximum atomic E-state index is 13.4. The summed E-state index contributed by atoms with van der Waals surface area (Å²) in [5, 5.41) is 1.30. The van der Waals surface area contributed by atoms with Crippen molar-refractivity contribution in [2.24, 2.45) is 0 Å². The van der Waals surface area contributed by atoms with Crippen LogP contribution in [-0.4, -0.2) is 81.4 Å². The van der Waals surface area contributed by atoms with Crippen LogP contribution in [0.15, 0.2) is 17.6 Å². The van der Waals surface area contributed by atoms with Gasteiger partial charge in [0.25, 0.3) is 0 Å². The van der Waals surface area contributed by atoms with Crippen molar-refractivity contribution in [3.8, 4) is 0 Å². The molecule has 0 bridgehead atoms. The van der Waals surface area contributed by atoms with Crippen LogP contribution >= 0.6 is 0 Å². The summed E-state index contributed by atoms with van der Waals surface area (Å²) in [6.07, 6.45) is 9.58. The SMILES string of the molecule is CN1CCCC1(C)C=CS(=O)(=O)N([C](=O)[K])c1c2c(cc3c1CCC3)CCC2. The van der Waals surface area contributed by atoms with E-state index in [1.54, 1.807) is 6.08 Å². The molecule has 3 aliphatic rings. The van der Waals surface area contributed by atoms with Crippen LogP contribution in [0.2, 0.25) is 0 Å². The molecule has 1 amide bonds. The number of likely N-dealkylation sites (tertiary alicyclic amines) is 1. The predicted molar refractivity (Wildman–Crippen MR) is 112 cm³/mol. The van der Waals surface area contributed by atoms with Crippen molar-refractivity contribution >= 4 is 64.7 Å². The monoisotopic (exact) mass is 426 g/mol. The molecule has 0 spiro atoms. The van der Waals surface area contributed by atoms with Gasteiger partial charge in [0.2, 0.25) is 0 Å². The van der Waals surface area contributed by atoms with Gasteiger partial charge in [-0.05, 0) is 0 Å². The van der Waals surface area contributed by atoms with Gasteiger partial charge < -0.3 is 0 Å². The molecule has 1 aromatic rings. The first-order valence-corrected chi connectivity index (χ1v) is 13.4. The van der Waals surface area contributed by atoms with Crippen LogP contribution < -0.4 is 4.31 Å². The molecule has 7 heteroatoms. The number of rotatable bonds is 4. The van der Waals surface area contributed by atoms with E-state index in [4.69, 9.17) is 0 Å². The third kappa shape index (κ3) is 3.72. The van der Waals surface area contributed by atoms with E-state index in [-0.39, 0.29) is 54.5 Å². The van der Waals surface area contributed by atoms with Crippen LogP contribution in [0.4, 0.5) is 10.5 Å². The number of nitrogens with zero attached hydrogens (tertiary/aromatic N) is 2. The topological polar surface area (TPSA) is 57.7 Å². The molecule has 1 aromatic carbocycles. The van der Waals surface area contributed by atoms with Crippen molar-refractivity contribution in [3.05, 3.63) is 39.8 Å². The Morgan fingerprint density at radius 3 is 2.25 bits per heavy atom. The number of carbonyl (C=O) groups excluding carboxylic acids is 1. The first kappa shape index (κ1) is 21.2. The normalized spacial score (nSPS) is 24.7. The second-order valence-electron chi connectivity index (χ2n) is 8.72. The van der Waals surface area contributed by atoms with Crippen LogP contribution in [0, 0.1) is 0 Å². The Kier molecular flexibility index (Phi) is 5.99. The number of likely N-dealkylation sites (N-methyl/N-ethyl adjacent to an activating group) is 1. The molecule has 0 saturated carbocycles. The molecule has 0 aromatic heterocycles. The number of sulfonamides is 1. The number of fused-ring (bicyclic) bond motifs is 2. The van der Waals surface area contributed by atoms with Crippen LogP contribution in [-0.2, 0) is 35.7 Å². The quantitative estimate of drug-likeness (QED) is 0.695. The second kappa shape index (κ2) is 7.91. The fraction of sp³-hybridized carbons (Fsp3) is 0.571. The number of hydrogen-bond donors (Lipinski definition) is 0. The fourth-order valence-corrected chi connectivity index (χ4v) is 8.08. The molecule has 5 nitrogen and oxygen atoms in total. The summed E-state index contributed by atoms with van der Waals surface area (Å²) in [6.45, 7) is 3.03. The summed E-state index contributed by atoms with van der Waals surface area (Å²) >= 11 is -0.241. The molecule has 1 unspecified atom stereocenters. The number of carbonyl (C=O) groups is 1. The summed E-state index contributed by atoms with van der Waals surface area (Å²) in [4.78, 5) is 14.9. The zero-order chi connectivity index (χ0) is 20.1. The van der Waals surface area contributed by atoms with Gasteiger partial charge in [0, 0.05) is 0 Å². The van der Waals surface area contributed by atoms with Gasteiger partial charge in [-0.1, -0.05) is 0 Å². The zero-order valence-electron chi connectivity index (χ0n) is 17.1. The van der Waals surface area contributed by atoms with Crippen LogP contribution in [0.3, 0.4) is 0 Å². The Balaban J connectivity index is 1.80. The van der Waals surface area contributed by atoms with Crippen LogP contribution in [0.1, 0.15) is 54.9 Å². The molecule has 146 valence electrons. The molecule has 0 radical (unpaired) electrons. The van der Waals surface area contributed by atoms with Crippen LogP contribution in [0.5, 0.6) is 0 Å². The average molecular weight is 427 g/mol. The standard InChI is InChI=1S/C21H27N2O3S.K/c1-21(10-5-12-22(21)2)11-13-27(25,26)23(15-24)20-18-8-3-6-16(18)14-17-7-4-9-19(17)20;/h11,13-14H,3-10,12H2,1-2H3;. The third-order valence-electron chi connectivity index (χ3n) is 6.83. The van der Waals surface area contributed by atoms with Crippen molar-refractivity contribution in [1.29, 1.82) is 0 Å². The molecular formula is C21H27KN2O3S. The number of amides is 1. The second-order valence-corrected chi connectivity index (χ2v) is 11.7. The summed E-state index contributed by atoms with van der Waals surface area (Å²) in [6, 6.07) is 2.27. The molecule has 1 atom stereocenters. The summed E-state index contributed by atoms with van der Waals surface area (Å²) in [7, 11) is -1.82. The van der Waals surface area contributed by atoms with Gasteiger partial charge in [-0.3, -0.25) is 0 Å². The van der Waals surface area contributed by atoms with Gasteiger partial charge >= 0.3 is 204 Å². The molecule has 28 heavy (non-hydrogen) atoms. The third-order valence-corrected chi connectivity index (χ3v) is 9.47. The Morgan fingerprint density at radius 2 is 1.75 bits per heavy atom. The molecule has 2 aliphatic carbocycles. The molecular weight excluding hydrogens is 399 g/mol. The summed E-state index contributed by atoms with van der Waals surface area (Å²) in [5.41, 5.74) is 5.14. The zero-order valence-corrected chi connectivity index (χ0v) is 21.1. The van der Waals surface area contributed by atoms with Crippen LogP contribution in [0.25, 0.3) is 0 Å². The van der Waals surface area contributed by atoms with Gasteiger partial charge in [0.1, 0.15) is 0 Å². The number of anilines is 1. The molecule has 1 saturated heterocycles. The average Bonchev–Trinajstić information content (AvgIpc) is 3.34. The van der Waals surface area contributed by atoms with E-state index < -0.39 is 10.0 Å². The molecule has 1 heterocycles. The Hall–Kier alpha value is -0.0236. The molecule has 1 fully saturated rings. The number of aryl methyl sites for hydroxylation is 2. The van der Waals surface area contributed by atoms with E-state index in [1.165, 1.54) is 20.8 Å². The van der Waals surface area contributed by atoms with E-state index in [1.807, 2.05) is 7.05 Å². The van der Waals surface area contributed by atoms with Crippen molar-refractivity contribution < 1.29 is 13.2 Å². The molecule has 1 aliphatic heterocycles. The van der Waals surface area contributed by atoms with Crippen molar-refractivity contribution in [2.45, 2.75) is 63.8 Å².